The third-order valence-corrected chi connectivity index (χ3v) is 2.92. The number of hydrogen-bond donors (Lipinski definition) is 1. The molecule has 0 aliphatic carbocycles. The van der Waals surface area contributed by atoms with Gasteiger partial charge >= 0.3 is 0 Å². The lowest BCUT2D eigenvalue weighted by atomic mass is 10.2. The smallest absolute Gasteiger partial charge is 0.249 e. The third kappa shape index (κ3) is 3.20. The van der Waals surface area contributed by atoms with Crippen molar-refractivity contribution >= 4 is 11.7 Å². The second-order valence-electron chi connectivity index (χ2n) is 4.60. The van der Waals surface area contributed by atoms with Gasteiger partial charge in [-0.25, -0.2) is 4.98 Å². The van der Waals surface area contributed by atoms with Crippen molar-refractivity contribution in [3.05, 3.63) is 23.9 Å². The lowest BCUT2D eigenvalue weighted by Gasteiger charge is -2.13. The van der Waals surface area contributed by atoms with Gasteiger partial charge in [-0.05, 0) is 25.0 Å². The molecule has 98 valence electrons. The van der Waals surface area contributed by atoms with Crippen LogP contribution in [0.5, 0.6) is 0 Å². The molecule has 2 rings (SSSR count). The average Bonchev–Trinajstić information content (AvgIpc) is 2.90. The number of nitrogens with one attached hydrogen (secondary N) is 1. The average molecular weight is 249 g/mol. The minimum Gasteiger partial charge on any atom is -0.368 e. The lowest BCUT2D eigenvalue weighted by molar-refractivity contribution is -0.130. The molecule has 0 saturated carbocycles. The van der Waals surface area contributed by atoms with Gasteiger partial charge in [0.05, 0.1) is 12.2 Å². The van der Waals surface area contributed by atoms with Crippen molar-refractivity contribution < 1.29 is 9.53 Å². The van der Waals surface area contributed by atoms with E-state index in [-0.39, 0.29) is 12.0 Å². The summed E-state index contributed by atoms with van der Waals surface area (Å²) in [5.41, 5.74) is 0.854. The topological polar surface area (TPSA) is 54.5 Å². The number of pyridine rings is 1. The monoisotopic (exact) mass is 249 g/mol. The molecule has 1 aromatic heterocycles. The van der Waals surface area contributed by atoms with Crippen LogP contribution in [0.4, 0.5) is 5.82 Å². The summed E-state index contributed by atoms with van der Waals surface area (Å²) in [6.07, 6.45) is 1.51. The van der Waals surface area contributed by atoms with Gasteiger partial charge in [-0.3, -0.25) is 4.79 Å². The Kier molecular flexibility index (Phi) is 4.15. The van der Waals surface area contributed by atoms with Crippen molar-refractivity contribution in [2.75, 3.05) is 25.6 Å². The van der Waals surface area contributed by atoms with Crippen molar-refractivity contribution in [1.29, 1.82) is 0 Å². The summed E-state index contributed by atoms with van der Waals surface area (Å²) in [6, 6.07) is 5.78. The van der Waals surface area contributed by atoms with Crippen LogP contribution in [-0.4, -0.2) is 37.7 Å². The van der Waals surface area contributed by atoms with Gasteiger partial charge in [0, 0.05) is 20.7 Å². The zero-order valence-corrected chi connectivity index (χ0v) is 10.8. The summed E-state index contributed by atoms with van der Waals surface area (Å²) in [4.78, 5) is 18.1. The summed E-state index contributed by atoms with van der Waals surface area (Å²) >= 11 is 0. The van der Waals surface area contributed by atoms with Crippen LogP contribution in [0.2, 0.25) is 0 Å². The van der Waals surface area contributed by atoms with E-state index in [1.54, 1.807) is 0 Å². The highest BCUT2D eigenvalue weighted by Crippen LogP contribution is 2.12. The molecule has 0 radical (unpaired) electrons. The van der Waals surface area contributed by atoms with Crippen LogP contribution in [0.3, 0.4) is 0 Å². The Labute approximate surface area is 107 Å². The molecule has 1 aromatic rings. The number of hydrogen-bond acceptors (Lipinski definition) is 4. The molecule has 1 saturated heterocycles. The second kappa shape index (κ2) is 5.82. The molecule has 18 heavy (non-hydrogen) atoms. The van der Waals surface area contributed by atoms with Crippen LogP contribution < -0.4 is 10.2 Å². The molecule has 5 heteroatoms. The number of anilines is 1. The van der Waals surface area contributed by atoms with Gasteiger partial charge in [0.15, 0.2) is 0 Å². The Balaban J connectivity index is 1.89. The van der Waals surface area contributed by atoms with Gasteiger partial charge in [-0.1, -0.05) is 6.07 Å². The minimum absolute atomic E-state index is 0.0374. The van der Waals surface area contributed by atoms with E-state index in [0.717, 1.165) is 24.4 Å². The fourth-order valence-electron chi connectivity index (χ4n) is 1.89. The fourth-order valence-corrected chi connectivity index (χ4v) is 1.89. The van der Waals surface area contributed by atoms with Crippen LogP contribution in [0.15, 0.2) is 18.2 Å². The van der Waals surface area contributed by atoms with Crippen molar-refractivity contribution in [3.63, 3.8) is 0 Å². The van der Waals surface area contributed by atoms with Gasteiger partial charge in [0.2, 0.25) is 5.91 Å². The second-order valence-corrected chi connectivity index (χ2v) is 4.60. The first kappa shape index (κ1) is 12.8. The number of rotatable bonds is 4. The molecule has 1 atom stereocenters. The molecule has 1 aliphatic heterocycles. The van der Waals surface area contributed by atoms with Crippen molar-refractivity contribution in [2.45, 2.75) is 25.5 Å². The Morgan fingerprint density at radius 3 is 3.06 bits per heavy atom. The van der Waals surface area contributed by atoms with Crippen LogP contribution in [0.1, 0.15) is 18.5 Å². The number of ether oxygens (including phenoxy) is 1. The van der Waals surface area contributed by atoms with Gasteiger partial charge in [0.1, 0.15) is 11.9 Å². The maximum absolute atomic E-state index is 11.8. The number of carbonyl (C=O) groups is 1. The van der Waals surface area contributed by atoms with E-state index in [0.29, 0.717) is 13.2 Å². The Morgan fingerprint density at radius 2 is 2.39 bits per heavy atom. The van der Waals surface area contributed by atoms with Crippen molar-refractivity contribution in [2.24, 2.45) is 0 Å². The summed E-state index contributed by atoms with van der Waals surface area (Å²) < 4.78 is 5.32. The largest absolute Gasteiger partial charge is 0.368 e. The lowest BCUT2D eigenvalue weighted by Crippen LogP contribution is -2.33. The first-order valence-electron chi connectivity index (χ1n) is 6.19. The maximum Gasteiger partial charge on any atom is 0.249 e. The van der Waals surface area contributed by atoms with E-state index in [1.165, 1.54) is 0 Å². The molecule has 1 amide bonds. The van der Waals surface area contributed by atoms with Gasteiger partial charge in [-0.15, -0.1) is 0 Å². The minimum atomic E-state index is -0.276. The summed E-state index contributed by atoms with van der Waals surface area (Å²) in [6.45, 7) is 1.13. The molecule has 1 unspecified atom stereocenters. The van der Waals surface area contributed by atoms with E-state index in [9.17, 15) is 4.79 Å². The van der Waals surface area contributed by atoms with Crippen LogP contribution in [0, 0.1) is 0 Å². The van der Waals surface area contributed by atoms with Crippen LogP contribution in [0.25, 0.3) is 0 Å². The first-order valence-corrected chi connectivity index (χ1v) is 6.19. The number of aromatic nitrogens is 1. The van der Waals surface area contributed by atoms with Crippen LogP contribution >= 0.6 is 0 Å². The summed E-state index contributed by atoms with van der Waals surface area (Å²) in [7, 11) is 3.88. The Bertz CT molecular complexity index is 414. The normalized spacial score (nSPS) is 18.7. The molecule has 0 spiro atoms. The van der Waals surface area contributed by atoms with Gasteiger partial charge in [0.25, 0.3) is 0 Å². The van der Waals surface area contributed by atoms with Crippen molar-refractivity contribution in [3.8, 4) is 0 Å². The maximum atomic E-state index is 11.8. The van der Waals surface area contributed by atoms with E-state index >= 15 is 0 Å². The first-order chi connectivity index (χ1) is 8.66. The summed E-state index contributed by atoms with van der Waals surface area (Å²) in [5.74, 6) is 0.850. The predicted octanol–water partition coefficient (Wildman–Crippen LogP) is 0.943. The van der Waals surface area contributed by atoms with Crippen molar-refractivity contribution in [1.82, 2.24) is 10.3 Å². The molecule has 1 N–H and O–H groups in total. The van der Waals surface area contributed by atoms with E-state index in [4.69, 9.17) is 4.74 Å². The van der Waals surface area contributed by atoms with Gasteiger partial charge < -0.3 is 15.0 Å². The zero-order valence-electron chi connectivity index (χ0n) is 10.8. The fraction of sp³-hybridized carbons (Fsp3) is 0.538. The molecular formula is C13H19N3O2. The molecule has 1 aliphatic rings. The number of carbonyl (C=O) groups excluding carboxylic acids is 1. The number of amides is 1. The summed E-state index contributed by atoms with van der Waals surface area (Å²) in [5, 5.41) is 2.86. The van der Waals surface area contributed by atoms with Gasteiger partial charge in [-0.2, -0.15) is 0 Å². The predicted molar refractivity (Wildman–Crippen MR) is 69.4 cm³/mol. The Hall–Kier alpha value is -1.62. The molecule has 0 aromatic carbocycles. The SMILES string of the molecule is CN(C)c1cccc(CNC(=O)C2CCCO2)n1. The molecule has 0 bridgehead atoms. The molecule has 1 fully saturated rings. The highest BCUT2D eigenvalue weighted by molar-refractivity contribution is 5.80. The van der Waals surface area contributed by atoms with E-state index in [2.05, 4.69) is 10.3 Å². The number of nitrogens with zero attached hydrogens (tertiary/aromatic N) is 2. The quantitative estimate of drug-likeness (QED) is 0.863. The molecule has 2 heterocycles. The standard InChI is InChI=1S/C13H19N3O2/c1-16(2)12-7-3-5-10(15-12)9-14-13(17)11-6-4-8-18-11/h3,5,7,11H,4,6,8-9H2,1-2H3,(H,14,17). The third-order valence-electron chi connectivity index (χ3n) is 2.92. The highest BCUT2D eigenvalue weighted by Gasteiger charge is 2.23. The highest BCUT2D eigenvalue weighted by atomic mass is 16.5. The Morgan fingerprint density at radius 1 is 1.56 bits per heavy atom. The van der Waals surface area contributed by atoms with E-state index < -0.39 is 0 Å². The van der Waals surface area contributed by atoms with Crippen LogP contribution in [-0.2, 0) is 16.1 Å². The van der Waals surface area contributed by atoms with E-state index in [1.807, 2.05) is 37.2 Å². The molecule has 5 nitrogen and oxygen atoms in total. The molecular weight excluding hydrogens is 230 g/mol. The zero-order chi connectivity index (χ0) is 13.0.